The predicted octanol–water partition coefficient (Wildman–Crippen LogP) is 5.15. The molecule has 0 aliphatic rings. The average molecular weight is 338 g/mol. The largest absolute Gasteiger partial charge is 0.505 e. The minimum Gasteiger partial charge on any atom is -0.505 e. The maximum atomic E-state index is 10.8. The van der Waals surface area contributed by atoms with E-state index in [1.165, 1.54) is 0 Å². The van der Waals surface area contributed by atoms with E-state index in [0.717, 1.165) is 22.1 Å². The fraction of sp³-hybridized carbons (Fsp3) is 0.0435. The Kier molecular flexibility index (Phi) is 4.44. The quantitative estimate of drug-likeness (QED) is 0.523. The van der Waals surface area contributed by atoms with Gasteiger partial charge in [-0.05, 0) is 17.2 Å². The van der Waals surface area contributed by atoms with Gasteiger partial charge in [0, 0.05) is 23.4 Å². The average Bonchev–Trinajstić information content (AvgIpc) is 2.71. The fourth-order valence-electron chi connectivity index (χ4n) is 3.05. The molecule has 0 aliphatic carbocycles. The molecule has 0 saturated heterocycles. The highest BCUT2D eigenvalue weighted by atomic mass is 16.3. The number of benzene rings is 3. The second kappa shape index (κ2) is 7.19. The Labute approximate surface area is 152 Å². The SMILES string of the molecule is Oc1c(C(N=Cc2ccccc2)c2ccccc2)ccc2cccnc12. The van der Waals surface area contributed by atoms with E-state index in [0.29, 0.717) is 5.52 Å². The molecule has 0 spiro atoms. The van der Waals surface area contributed by atoms with Gasteiger partial charge in [0.1, 0.15) is 17.3 Å². The summed E-state index contributed by atoms with van der Waals surface area (Å²) in [4.78, 5) is 9.12. The lowest BCUT2D eigenvalue weighted by atomic mass is 9.97. The Morgan fingerprint density at radius 2 is 1.54 bits per heavy atom. The van der Waals surface area contributed by atoms with Crippen molar-refractivity contribution in [2.75, 3.05) is 0 Å². The minimum absolute atomic E-state index is 0.183. The molecule has 3 aromatic carbocycles. The van der Waals surface area contributed by atoms with Gasteiger partial charge >= 0.3 is 0 Å². The number of hydrogen-bond acceptors (Lipinski definition) is 3. The summed E-state index contributed by atoms with van der Waals surface area (Å²) < 4.78 is 0. The maximum Gasteiger partial charge on any atom is 0.147 e. The van der Waals surface area contributed by atoms with Gasteiger partial charge in [0.05, 0.1) is 0 Å². The molecule has 0 amide bonds. The fourth-order valence-corrected chi connectivity index (χ4v) is 3.05. The molecule has 0 radical (unpaired) electrons. The highest BCUT2D eigenvalue weighted by Crippen LogP contribution is 2.36. The molecule has 0 fully saturated rings. The van der Waals surface area contributed by atoms with Crippen molar-refractivity contribution in [2.45, 2.75) is 6.04 Å². The summed E-state index contributed by atoms with van der Waals surface area (Å²) >= 11 is 0. The van der Waals surface area contributed by atoms with Crippen LogP contribution in [0.4, 0.5) is 0 Å². The van der Waals surface area contributed by atoms with E-state index in [4.69, 9.17) is 4.99 Å². The maximum absolute atomic E-state index is 10.8. The molecule has 1 aromatic heterocycles. The van der Waals surface area contributed by atoms with Gasteiger partial charge in [-0.1, -0.05) is 78.9 Å². The van der Waals surface area contributed by atoms with Crippen molar-refractivity contribution in [2.24, 2.45) is 4.99 Å². The van der Waals surface area contributed by atoms with Crippen LogP contribution in [-0.4, -0.2) is 16.3 Å². The van der Waals surface area contributed by atoms with Crippen molar-refractivity contribution in [1.82, 2.24) is 4.98 Å². The molecule has 126 valence electrons. The van der Waals surface area contributed by atoms with Crippen LogP contribution in [0.5, 0.6) is 5.75 Å². The van der Waals surface area contributed by atoms with Crippen LogP contribution in [0.15, 0.2) is 96.1 Å². The van der Waals surface area contributed by atoms with Gasteiger partial charge in [-0.15, -0.1) is 0 Å². The lowest BCUT2D eigenvalue weighted by Crippen LogP contribution is -2.00. The van der Waals surface area contributed by atoms with Gasteiger partial charge in [-0.25, -0.2) is 0 Å². The van der Waals surface area contributed by atoms with E-state index in [1.54, 1.807) is 6.20 Å². The van der Waals surface area contributed by atoms with Crippen molar-refractivity contribution < 1.29 is 5.11 Å². The standard InChI is InChI=1S/C23H18N2O/c26-23-20(14-13-19-12-7-15-24-22(19)23)21(18-10-5-2-6-11-18)25-16-17-8-3-1-4-9-17/h1-16,21,26H. The first kappa shape index (κ1) is 16.0. The summed E-state index contributed by atoms with van der Waals surface area (Å²) in [6.45, 7) is 0. The van der Waals surface area contributed by atoms with Crippen molar-refractivity contribution >= 4 is 17.1 Å². The van der Waals surface area contributed by atoms with Crippen LogP contribution in [0.25, 0.3) is 10.9 Å². The predicted molar refractivity (Wildman–Crippen MR) is 106 cm³/mol. The molecule has 26 heavy (non-hydrogen) atoms. The molecule has 3 heteroatoms. The van der Waals surface area contributed by atoms with Crippen LogP contribution < -0.4 is 0 Å². The number of hydrogen-bond donors (Lipinski definition) is 1. The summed E-state index contributed by atoms with van der Waals surface area (Å²) in [5.74, 6) is 0.183. The summed E-state index contributed by atoms with van der Waals surface area (Å²) in [6.07, 6.45) is 3.54. The molecule has 0 aliphatic heterocycles. The van der Waals surface area contributed by atoms with E-state index >= 15 is 0 Å². The van der Waals surface area contributed by atoms with Gasteiger partial charge in [-0.2, -0.15) is 0 Å². The van der Waals surface area contributed by atoms with Crippen LogP contribution in [-0.2, 0) is 0 Å². The number of nitrogens with zero attached hydrogens (tertiary/aromatic N) is 2. The Bertz CT molecular complexity index is 1040. The van der Waals surface area contributed by atoms with Gasteiger partial charge in [0.15, 0.2) is 0 Å². The number of phenolic OH excluding ortho intramolecular Hbond substituents is 1. The number of aromatic hydroxyl groups is 1. The second-order valence-corrected chi connectivity index (χ2v) is 6.08. The van der Waals surface area contributed by atoms with Crippen LogP contribution in [0.2, 0.25) is 0 Å². The Hall–Kier alpha value is -3.46. The first-order valence-corrected chi connectivity index (χ1v) is 8.53. The summed E-state index contributed by atoms with van der Waals surface area (Å²) in [7, 11) is 0. The first-order chi connectivity index (χ1) is 12.8. The third kappa shape index (κ3) is 3.20. The van der Waals surface area contributed by atoms with Gasteiger partial charge in [0.2, 0.25) is 0 Å². The Balaban J connectivity index is 1.83. The first-order valence-electron chi connectivity index (χ1n) is 8.53. The van der Waals surface area contributed by atoms with Gasteiger partial charge < -0.3 is 5.11 Å². The molecule has 4 aromatic rings. The lowest BCUT2D eigenvalue weighted by Gasteiger charge is -2.16. The third-order valence-electron chi connectivity index (χ3n) is 4.36. The molecule has 3 nitrogen and oxygen atoms in total. The molecule has 0 saturated carbocycles. The van der Waals surface area contributed by atoms with Crippen LogP contribution in [0.3, 0.4) is 0 Å². The van der Waals surface area contributed by atoms with Crippen LogP contribution in [0.1, 0.15) is 22.7 Å². The zero-order valence-electron chi connectivity index (χ0n) is 14.2. The lowest BCUT2D eigenvalue weighted by molar-refractivity contribution is 0.470. The van der Waals surface area contributed by atoms with Crippen LogP contribution in [0, 0.1) is 0 Å². The highest BCUT2D eigenvalue weighted by molar-refractivity contribution is 5.86. The monoisotopic (exact) mass is 338 g/mol. The summed E-state index contributed by atoms with van der Waals surface area (Å²) in [5, 5.41) is 11.8. The summed E-state index contributed by atoms with van der Waals surface area (Å²) in [5.41, 5.74) is 3.38. The van der Waals surface area contributed by atoms with E-state index in [1.807, 2.05) is 91.1 Å². The zero-order valence-corrected chi connectivity index (χ0v) is 14.2. The van der Waals surface area contributed by atoms with Crippen molar-refractivity contribution in [1.29, 1.82) is 0 Å². The molecule has 0 bridgehead atoms. The molecular weight excluding hydrogens is 320 g/mol. The van der Waals surface area contributed by atoms with Crippen LogP contribution >= 0.6 is 0 Å². The summed E-state index contributed by atoms with van der Waals surface area (Å²) in [6, 6.07) is 27.4. The van der Waals surface area contributed by atoms with E-state index in [-0.39, 0.29) is 11.8 Å². The van der Waals surface area contributed by atoms with Gasteiger partial charge in [-0.3, -0.25) is 9.98 Å². The Morgan fingerprint density at radius 1 is 0.808 bits per heavy atom. The number of pyridine rings is 1. The van der Waals surface area contributed by atoms with Crippen molar-refractivity contribution in [3.63, 3.8) is 0 Å². The highest BCUT2D eigenvalue weighted by Gasteiger charge is 2.18. The molecule has 1 atom stereocenters. The molecule has 1 heterocycles. The van der Waals surface area contributed by atoms with Crippen molar-refractivity contribution in [3.8, 4) is 5.75 Å². The molecule has 4 rings (SSSR count). The van der Waals surface area contributed by atoms with Crippen molar-refractivity contribution in [3.05, 3.63) is 108 Å². The molecular formula is C23H18N2O. The number of phenols is 1. The number of fused-ring (bicyclic) bond motifs is 1. The third-order valence-corrected chi connectivity index (χ3v) is 4.36. The minimum atomic E-state index is -0.303. The molecule has 1 N–H and O–H groups in total. The molecule has 1 unspecified atom stereocenters. The number of aromatic nitrogens is 1. The normalized spacial score (nSPS) is 12.5. The van der Waals surface area contributed by atoms with E-state index in [9.17, 15) is 5.11 Å². The van der Waals surface area contributed by atoms with E-state index in [2.05, 4.69) is 4.98 Å². The number of aliphatic imine (C=N–C) groups is 1. The Morgan fingerprint density at radius 3 is 2.31 bits per heavy atom. The van der Waals surface area contributed by atoms with E-state index < -0.39 is 0 Å². The smallest absolute Gasteiger partial charge is 0.147 e. The topological polar surface area (TPSA) is 45.5 Å². The zero-order chi connectivity index (χ0) is 17.8. The van der Waals surface area contributed by atoms with Gasteiger partial charge in [0.25, 0.3) is 0 Å². The second-order valence-electron chi connectivity index (χ2n) is 6.08. The number of rotatable bonds is 4.